The molecule has 0 aromatic heterocycles. The van der Waals surface area contributed by atoms with Gasteiger partial charge in [-0.05, 0) is 18.9 Å². The van der Waals surface area contributed by atoms with Gasteiger partial charge in [-0.25, -0.2) is 0 Å². The molecule has 0 aromatic carbocycles. The normalized spacial score (nSPS) is 42.9. The minimum Gasteiger partial charge on any atom is -0.389 e. The minimum atomic E-state index is -0.606. The maximum atomic E-state index is 10.5. The van der Waals surface area contributed by atoms with Crippen LogP contribution in [0.1, 0.15) is 32.1 Å². The average molecular weight is 217 g/mol. The molecule has 3 atom stereocenters. The van der Waals surface area contributed by atoms with Gasteiger partial charge in [-0.15, -0.1) is 0 Å². The molecular formula is C11H17ClO2. The van der Waals surface area contributed by atoms with Crippen LogP contribution in [0.15, 0.2) is 11.1 Å². The van der Waals surface area contributed by atoms with Crippen molar-refractivity contribution in [2.24, 2.45) is 5.92 Å². The SMILES string of the molecule is CO[C@H]1C=C(Cl)C[C@@]2(O)CCCC[C@H]12. The van der Waals surface area contributed by atoms with Gasteiger partial charge in [0, 0.05) is 24.5 Å². The van der Waals surface area contributed by atoms with Crippen molar-refractivity contribution in [2.45, 2.75) is 43.8 Å². The van der Waals surface area contributed by atoms with Crippen LogP contribution in [-0.4, -0.2) is 23.9 Å². The molecule has 0 saturated heterocycles. The van der Waals surface area contributed by atoms with E-state index in [-0.39, 0.29) is 12.0 Å². The molecule has 0 aromatic rings. The van der Waals surface area contributed by atoms with Gasteiger partial charge in [0.25, 0.3) is 0 Å². The number of aliphatic hydroxyl groups is 1. The second-order valence-corrected chi connectivity index (χ2v) is 4.93. The first-order valence-electron chi connectivity index (χ1n) is 5.27. The summed E-state index contributed by atoms with van der Waals surface area (Å²) in [5.41, 5.74) is -0.606. The molecule has 2 rings (SSSR count). The smallest absolute Gasteiger partial charge is 0.0821 e. The Kier molecular flexibility index (Phi) is 2.87. The number of fused-ring (bicyclic) bond motifs is 1. The van der Waals surface area contributed by atoms with Crippen LogP contribution in [0, 0.1) is 5.92 Å². The molecule has 1 fully saturated rings. The van der Waals surface area contributed by atoms with Crippen molar-refractivity contribution in [2.75, 3.05) is 7.11 Å². The third kappa shape index (κ3) is 1.71. The van der Waals surface area contributed by atoms with Gasteiger partial charge >= 0.3 is 0 Å². The topological polar surface area (TPSA) is 29.5 Å². The van der Waals surface area contributed by atoms with Crippen LogP contribution in [0.5, 0.6) is 0 Å². The van der Waals surface area contributed by atoms with Gasteiger partial charge in [-0.1, -0.05) is 24.4 Å². The van der Waals surface area contributed by atoms with E-state index in [1.54, 1.807) is 7.11 Å². The van der Waals surface area contributed by atoms with Gasteiger partial charge in [0.2, 0.25) is 0 Å². The fourth-order valence-corrected chi connectivity index (χ4v) is 3.17. The average Bonchev–Trinajstić information content (AvgIpc) is 2.15. The van der Waals surface area contributed by atoms with Crippen LogP contribution in [0.4, 0.5) is 0 Å². The second kappa shape index (κ2) is 3.84. The largest absolute Gasteiger partial charge is 0.389 e. The lowest BCUT2D eigenvalue weighted by Crippen LogP contribution is -2.49. The van der Waals surface area contributed by atoms with E-state index in [2.05, 4.69) is 0 Å². The Morgan fingerprint density at radius 3 is 3.07 bits per heavy atom. The lowest BCUT2D eigenvalue weighted by molar-refractivity contribution is -0.0985. The highest BCUT2D eigenvalue weighted by Crippen LogP contribution is 2.45. The Balaban J connectivity index is 2.25. The van der Waals surface area contributed by atoms with Crippen molar-refractivity contribution < 1.29 is 9.84 Å². The molecule has 0 heterocycles. The maximum absolute atomic E-state index is 10.5. The molecule has 2 aliphatic carbocycles. The predicted molar refractivity (Wildman–Crippen MR) is 56.3 cm³/mol. The third-order valence-corrected chi connectivity index (χ3v) is 3.81. The van der Waals surface area contributed by atoms with E-state index in [4.69, 9.17) is 16.3 Å². The molecule has 14 heavy (non-hydrogen) atoms. The van der Waals surface area contributed by atoms with Gasteiger partial charge in [-0.2, -0.15) is 0 Å². The molecule has 1 N–H and O–H groups in total. The highest BCUT2D eigenvalue weighted by Gasteiger charge is 2.45. The maximum Gasteiger partial charge on any atom is 0.0821 e. The van der Waals surface area contributed by atoms with Crippen molar-refractivity contribution in [1.82, 2.24) is 0 Å². The Bertz CT molecular complexity index is 252. The summed E-state index contributed by atoms with van der Waals surface area (Å²) in [5.74, 6) is 0.240. The Morgan fingerprint density at radius 1 is 1.57 bits per heavy atom. The summed E-state index contributed by atoms with van der Waals surface area (Å²) in [5, 5.41) is 11.2. The molecule has 2 nitrogen and oxygen atoms in total. The Labute approximate surface area is 89.9 Å². The van der Waals surface area contributed by atoms with E-state index in [0.717, 1.165) is 24.3 Å². The van der Waals surface area contributed by atoms with Crippen molar-refractivity contribution in [3.63, 3.8) is 0 Å². The molecule has 0 radical (unpaired) electrons. The Morgan fingerprint density at radius 2 is 2.36 bits per heavy atom. The molecule has 80 valence electrons. The van der Waals surface area contributed by atoms with E-state index in [1.165, 1.54) is 6.42 Å². The molecule has 0 amide bonds. The summed E-state index contributed by atoms with van der Waals surface area (Å²) < 4.78 is 5.38. The van der Waals surface area contributed by atoms with Crippen LogP contribution < -0.4 is 0 Å². The molecule has 1 saturated carbocycles. The van der Waals surface area contributed by atoms with Gasteiger partial charge in [0.05, 0.1) is 11.7 Å². The molecule has 2 aliphatic rings. The first kappa shape index (κ1) is 10.5. The zero-order valence-electron chi connectivity index (χ0n) is 8.50. The van der Waals surface area contributed by atoms with Crippen molar-refractivity contribution in [3.8, 4) is 0 Å². The van der Waals surface area contributed by atoms with Crippen LogP contribution >= 0.6 is 11.6 Å². The van der Waals surface area contributed by atoms with Crippen LogP contribution in [-0.2, 0) is 4.74 Å². The number of hydrogen-bond acceptors (Lipinski definition) is 2. The van der Waals surface area contributed by atoms with Crippen molar-refractivity contribution in [1.29, 1.82) is 0 Å². The minimum absolute atomic E-state index is 0.00144. The van der Waals surface area contributed by atoms with Crippen LogP contribution in [0.25, 0.3) is 0 Å². The van der Waals surface area contributed by atoms with Gasteiger partial charge in [-0.3, -0.25) is 0 Å². The lowest BCUT2D eigenvalue weighted by Gasteiger charge is -2.45. The quantitative estimate of drug-likeness (QED) is 0.730. The fraction of sp³-hybridized carbons (Fsp3) is 0.818. The Hall–Kier alpha value is -0.0500. The molecule has 0 aliphatic heterocycles. The number of ether oxygens (including phenoxy) is 1. The summed E-state index contributed by atoms with van der Waals surface area (Å²) in [4.78, 5) is 0. The van der Waals surface area contributed by atoms with E-state index < -0.39 is 5.60 Å². The first-order valence-corrected chi connectivity index (χ1v) is 5.65. The van der Waals surface area contributed by atoms with Crippen molar-refractivity contribution >= 4 is 11.6 Å². The van der Waals surface area contributed by atoms with Gasteiger partial charge < -0.3 is 9.84 Å². The van der Waals surface area contributed by atoms with Crippen LogP contribution in [0.2, 0.25) is 0 Å². The highest BCUT2D eigenvalue weighted by atomic mass is 35.5. The molecule has 3 heteroatoms. The summed E-state index contributed by atoms with van der Waals surface area (Å²) >= 11 is 6.02. The molecular weight excluding hydrogens is 200 g/mol. The van der Waals surface area contributed by atoms with Crippen molar-refractivity contribution in [3.05, 3.63) is 11.1 Å². The second-order valence-electron chi connectivity index (χ2n) is 4.45. The lowest BCUT2D eigenvalue weighted by atomic mass is 9.68. The van der Waals surface area contributed by atoms with Gasteiger partial charge in [0.1, 0.15) is 0 Å². The number of rotatable bonds is 1. The zero-order chi connectivity index (χ0) is 10.2. The molecule has 0 spiro atoms. The van der Waals surface area contributed by atoms with E-state index in [0.29, 0.717) is 6.42 Å². The zero-order valence-corrected chi connectivity index (χ0v) is 9.26. The summed E-state index contributed by atoms with van der Waals surface area (Å²) in [7, 11) is 1.69. The summed E-state index contributed by atoms with van der Waals surface area (Å²) in [6, 6.07) is 0. The summed E-state index contributed by atoms with van der Waals surface area (Å²) in [6.45, 7) is 0. The van der Waals surface area contributed by atoms with Gasteiger partial charge in [0.15, 0.2) is 0 Å². The van der Waals surface area contributed by atoms with E-state index in [9.17, 15) is 5.11 Å². The number of halogens is 1. The number of hydrogen-bond donors (Lipinski definition) is 1. The monoisotopic (exact) mass is 216 g/mol. The molecule has 0 bridgehead atoms. The first-order chi connectivity index (χ1) is 6.65. The predicted octanol–water partition coefficient (Wildman–Crippen LogP) is 2.45. The number of methoxy groups -OCH3 is 1. The summed E-state index contributed by atoms with van der Waals surface area (Å²) in [6.07, 6.45) is 6.77. The highest BCUT2D eigenvalue weighted by molar-refractivity contribution is 6.29. The standard InChI is InChI=1S/C11H17ClO2/c1-14-10-6-8(12)7-11(13)5-3-2-4-9(10)11/h6,9-10,13H,2-5,7H2,1H3/t9-,10+,11+/m1/s1. The third-order valence-electron chi connectivity index (χ3n) is 3.55. The molecule has 0 unspecified atom stereocenters. The van der Waals surface area contributed by atoms with E-state index >= 15 is 0 Å². The fourth-order valence-electron chi connectivity index (χ4n) is 2.82. The van der Waals surface area contributed by atoms with Crippen LogP contribution in [0.3, 0.4) is 0 Å². The van der Waals surface area contributed by atoms with E-state index in [1.807, 2.05) is 6.08 Å².